The van der Waals surface area contributed by atoms with E-state index in [4.69, 9.17) is 20.9 Å². The summed E-state index contributed by atoms with van der Waals surface area (Å²) in [6.45, 7) is 7.20. The van der Waals surface area contributed by atoms with Gasteiger partial charge in [-0.3, -0.25) is 14.8 Å². The van der Waals surface area contributed by atoms with Crippen molar-refractivity contribution in [3.05, 3.63) is 23.7 Å². The molecule has 0 N–H and O–H groups in total. The van der Waals surface area contributed by atoms with Gasteiger partial charge in [0.1, 0.15) is 17.6 Å². The number of halogens is 1. The van der Waals surface area contributed by atoms with Crippen LogP contribution in [-0.4, -0.2) is 37.2 Å². The summed E-state index contributed by atoms with van der Waals surface area (Å²) >= 11 is 5.51. The number of carbonyl (C=O) groups is 1. The van der Waals surface area contributed by atoms with E-state index in [1.165, 1.54) is 19.5 Å². The molecule has 114 valence electrons. The molecule has 0 spiro atoms. The van der Waals surface area contributed by atoms with Crippen molar-refractivity contribution in [2.75, 3.05) is 13.1 Å². The summed E-state index contributed by atoms with van der Waals surface area (Å²) in [5.41, 5.74) is 1.09. The highest BCUT2D eigenvalue weighted by molar-refractivity contribution is 6.19. The Bertz CT molecular complexity index is 549. The van der Waals surface area contributed by atoms with Gasteiger partial charge < -0.3 is 9.26 Å². The number of alkyl halides is 1. The van der Waals surface area contributed by atoms with Crippen molar-refractivity contribution in [2.24, 2.45) is 15.9 Å². The van der Waals surface area contributed by atoms with Gasteiger partial charge in [-0.05, 0) is 12.6 Å². The lowest BCUT2D eigenvalue weighted by molar-refractivity contribution is -0.144. The molecular weight excluding hydrogens is 294 g/mol. The van der Waals surface area contributed by atoms with E-state index in [1.54, 1.807) is 6.07 Å². The van der Waals surface area contributed by atoms with Crippen LogP contribution in [0, 0.1) is 5.92 Å². The quantitative estimate of drug-likeness (QED) is 0.336. The zero-order valence-corrected chi connectivity index (χ0v) is 13.0. The lowest BCUT2D eigenvalue weighted by Gasteiger charge is -2.14. The second-order valence-electron chi connectivity index (χ2n) is 4.56. The van der Waals surface area contributed by atoms with Crippen molar-refractivity contribution in [1.82, 2.24) is 5.16 Å². The molecule has 1 heterocycles. The van der Waals surface area contributed by atoms with Gasteiger partial charge in [-0.25, -0.2) is 0 Å². The largest absolute Gasteiger partial charge is 0.468 e. The molecule has 0 aliphatic heterocycles. The molecule has 6 nitrogen and oxygen atoms in total. The van der Waals surface area contributed by atoms with E-state index in [0.717, 1.165) is 0 Å². The number of carbonyl (C=O) groups excluding carboxylic acids is 1. The van der Waals surface area contributed by atoms with Gasteiger partial charge in [-0.2, -0.15) is 0 Å². The van der Waals surface area contributed by atoms with Crippen molar-refractivity contribution in [2.45, 2.75) is 19.8 Å². The summed E-state index contributed by atoms with van der Waals surface area (Å²) in [7, 11) is 1.34. The van der Waals surface area contributed by atoms with Crippen LogP contribution >= 0.6 is 11.6 Å². The molecule has 1 unspecified atom stereocenters. The van der Waals surface area contributed by atoms with Crippen molar-refractivity contribution in [3.63, 3.8) is 0 Å². The van der Waals surface area contributed by atoms with E-state index in [-0.39, 0.29) is 17.9 Å². The number of methoxy groups -OCH3 is 1. The fraction of sp³-hybridized carbons (Fsp3) is 0.429. The third-order valence-electron chi connectivity index (χ3n) is 2.78. The topological polar surface area (TPSA) is 77.0 Å². The van der Waals surface area contributed by atoms with Gasteiger partial charge in [-0.1, -0.05) is 19.0 Å². The second-order valence-corrected chi connectivity index (χ2v) is 4.80. The molecule has 7 heteroatoms. The van der Waals surface area contributed by atoms with Crippen molar-refractivity contribution in [3.8, 4) is 0 Å². The van der Waals surface area contributed by atoms with E-state index in [2.05, 4.69) is 21.9 Å². The molecule has 21 heavy (non-hydrogen) atoms. The van der Waals surface area contributed by atoms with Crippen molar-refractivity contribution >= 4 is 36.1 Å². The molecule has 1 atom stereocenters. The van der Waals surface area contributed by atoms with Crippen LogP contribution in [0.25, 0.3) is 5.57 Å². The lowest BCUT2D eigenvalue weighted by Crippen LogP contribution is -2.19. The number of ether oxygens (including phenoxy) is 1. The standard InChI is InChI=1S/C14H18ClN3O3/c1-9(2)13(14(19)20-4)12-5-11(18-21-12)10(6-16-3)7-17-8-15/h5-7,9,13H,3,8H2,1-2,4H3/b10-6+,17-7-. The molecule has 0 saturated heterocycles. The second kappa shape index (κ2) is 8.36. The minimum Gasteiger partial charge on any atom is -0.468 e. The minimum atomic E-state index is -0.515. The van der Waals surface area contributed by atoms with Gasteiger partial charge >= 0.3 is 5.97 Å². The number of hydrogen-bond acceptors (Lipinski definition) is 6. The Morgan fingerprint density at radius 1 is 1.62 bits per heavy atom. The third kappa shape index (κ3) is 4.53. The first-order chi connectivity index (χ1) is 10.0. The fourth-order valence-electron chi connectivity index (χ4n) is 1.81. The first-order valence-corrected chi connectivity index (χ1v) is 6.85. The highest BCUT2D eigenvalue weighted by atomic mass is 35.5. The Balaban J connectivity index is 3.13. The molecular formula is C14H18ClN3O3. The molecule has 0 amide bonds. The molecule has 0 aromatic carbocycles. The smallest absolute Gasteiger partial charge is 0.316 e. The van der Waals surface area contributed by atoms with Crippen LogP contribution in [0.4, 0.5) is 0 Å². The number of aromatic nitrogens is 1. The van der Waals surface area contributed by atoms with Crippen LogP contribution < -0.4 is 0 Å². The van der Waals surface area contributed by atoms with Crippen LogP contribution in [0.15, 0.2) is 26.8 Å². The van der Waals surface area contributed by atoms with Crippen LogP contribution in [0.2, 0.25) is 0 Å². The van der Waals surface area contributed by atoms with E-state index in [0.29, 0.717) is 17.0 Å². The van der Waals surface area contributed by atoms with Gasteiger partial charge in [0.15, 0.2) is 5.76 Å². The number of rotatable bonds is 7. The predicted molar refractivity (Wildman–Crippen MR) is 82.8 cm³/mol. The Morgan fingerprint density at radius 2 is 2.33 bits per heavy atom. The van der Waals surface area contributed by atoms with E-state index in [9.17, 15) is 4.79 Å². The summed E-state index contributed by atoms with van der Waals surface area (Å²) in [5, 5.41) is 3.93. The van der Waals surface area contributed by atoms with E-state index >= 15 is 0 Å². The third-order valence-corrected chi connectivity index (χ3v) is 2.92. The number of hydrogen-bond donors (Lipinski definition) is 0. The normalized spacial score (nSPS) is 13.7. The zero-order valence-electron chi connectivity index (χ0n) is 12.2. The predicted octanol–water partition coefficient (Wildman–Crippen LogP) is 2.90. The van der Waals surface area contributed by atoms with Gasteiger partial charge in [0.05, 0.1) is 7.11 Å². The molecule has 0 bridgehead atoms. The summed E-state index contributed by atoms with van der Waals surface area (Å²) in [6.07, 6.45) is 3.01. The van der Waals surface area contributed by atoms with Crippen LogP contribution in [0.3, 0.4) is 0 Å². The van der Waals surface area contributed by atoms with Gasteiger partial charge in [0, 0.05) is 24.1 Å². The molecule has 0 radical (unpaired) electrons. The van der Waals surface area contributed by atoms with Crippen LogP contribution in [0.5, 0.6) is 0 Å². The lowest BCUT2D eigenvalue weighted by atomic mass is 9.93. The maximum Gasteiger partial charge on any atom is 0.316 e. The molecule has 1 rings (SSSR count). The Hall–Kier alpha value is -1.95. The number of allylic oxidation sites excluding steroid dienone is 1. The zero-order chi connectivity index (χ0) is 15.8. The first-order valence-electron chi connectivity index (χ1n) is 6.31. The molecule has 1 aromatic heterocycles. The average Bonchev–Trinajstić information content (AvgIpc) is 2.92. The molecule has 0 aliphatic carbocycles. The Labute approximate surface area is 128 Å². The van der Waals surface area contributed by atoms with Crippen LogP contribution in [-0.2, 0) is 9.53 Å². The highest BCUT2D eigenvalue weighted by Gasteiger charge is 2.29. The van der Waals surface area contributed by atoms with Gasteiger partial charge in [0.25, 0.3) is 0 Å². The van der Waals surface area contributed by atoms with E-state index in [1.807, 2.05) is 13.8 Å². The van der Waals surface area contributed by atoms with Crippen LogP contribution in [0.1, 0.15) is 31.2 Å². The summed E-state index contributed by atoms with van der Waals surface area (Å²) in [5.74, 6) is -0.436. The molecule has 0 saturated carbocycles. The number of esters is 1. The Morgan fingerprint density at radius 3 is 2.86 bits per heavy atom. The summed E-state index contributed by atoms with van der Waals surface area (Å²) < 4.78 is 10.1. The number of aliphatic imine (C=N–C) groups is 2. The molecule has 1 aromatic rings. The average molecular weight is 312 g/mol. The number of nitrogens with zero attached hydrogens (tertiary/aromatic N) is 3. The molecule has 0 aliphatic rings. The highest BCUT2D eigenvalue weighted by Crippen LogP contribution is 2.27. The monoisotopic (exact) mass is 311 g/mol. The molecule has 0 fully saturated rings. The van der Waals surface area contributed by atoms with Crippen molar-refractivity contribution < 1.29 is 14.1 Å². The summed E-state index contributed by atoms with van der Waals surface area (Å²) in [4.78, 5) is 19.4. The van der Waals surface area contributed by atoms with Gasteiger partial charge in [0.2, 0.25) is 0 Å². The summed E-state index contributed by atoms with van der Waals surface area (Å²) in [6, 6.07) is 1.79. The maximum atomic E-state index is 11.8. The fourth-order valence-corrected chi connectivity index (χ4v) is 1.88. The maximum absolute atomic E-state index is 11.8. The SMILES string of the molecule is C=N/C=C(\C=N/CCl)c1cc(C(C(=O)OC)C(C)C)on1. The Kier molecular flexibility index (Phi) is 6.81. The van der Waals surface area contributed by atoms with Crippen molar-refractivity contribution in [1.29, 1.82) is 0 Å². The minimum absolute atomic E-state index is 0.0136. The van der Waals surface area contributed by atoms with Gasteiger partial charge in [-0.15, -0.1) is 11.6 Å². The first kappa shape index (κ1) is 17.1. The van der Waals surface area contributed by atoms with E-state index < -0.39 is 5.92 Å².